The fourth-order valence-electron chi connectivity index (χ4n) is 2.01. The van der Waals surface area contributed by atoms with Crippen molar-refractivity contribution in [1.29, 1.82) is 0 Å². The molecule has 0 saturated heterocycles. The highest BCUT2D eigenvalue weighted by Crippen LogP contribution is 2.30. The molecule has 2 aromatic rings. The second-order valence-corrected chi connectivity index (χ2v) is 6.29. The molecule has 0 saturated carbocycles. The number of thiazole rings is 1. The van der Waals surface area contributed by atoms with E-state index in [0.717, 1.165) is 35.8 Å². The van der Waals surface area contributed by atoms with Crippen molar-refractivity contribution in [2.24, 2.45) is 0 Å². The molecule has 1 N–H and O–H groups in total. The highest BCUT2D eigenvalue weighted by atomic mass is 35.5. The van der Waals surface area contributed by atoms with E-state index >= 15 is 0 Å². The third-order valence-corrected chi connectivity index (χ3v) is 4.80. The Morgan fingerprint density at radius 3 is 2.50 bits per heavy atom. The zero-order chi connectivity index (χ0) is 14.7. The van der Waals surface area contributed by atoms with Gasteiger partial charge in [-0.1, -0.05) is 54.5 Å². The second-order valence-electron chi connectivity index (χ2n) is 4.40. The minimum absolute atomic E-state index is 0.0479. The maximum absolute atomic E-state index is 11.7. The van der Waals surface area contributed by atoms with Crippen molar-refractivity contribution in [1.82, 2.24) is 9.88 Å². The van der Waals surface area contributed by atoms with E-state index in [-0.39, 0.29) is 4.87 Å². The van der Waals surface area contributed by atoms with Crippen LogP contribution in [0.15, 0.2) is 23.0 Å². The average molecular weight is 331 g/mol. The van der Waals surface area contributed by atoms with E-state index in [4.69, 9.17) is 23.2 Å². The van der Waals surface area contributed by atoms with Gasteiger partial charge in [0, 0.05) is 17.0 Å². The lowest BCUT2D eigenvalue weighted by Crippen LogP contribution is -2.21. The quantitative estimate of drug-likeness (QED) is 0.889. The number of H-pyrrole nitrogens is 1. The third kappa shape index (κ3) is 3.44. The van der Waals surface area contributed by atoms with E-state index in [1.807, 2.05) is 6.07 Å². The van der Waals surface area contributed by atoms with E-state index in [9.17, 15) is 4.79 Å². The molecular formula is C14H16Cl2N2OS. The Morgan fingerprint density at radius 2 is 1.90 bits per heavy atom. The maximum Gasteiger partial charge on any atom is 0.305 e. The molecule has 0 aliphatic carbocycles. The lowest BCUT2D eigenvalue weighted by Gasteiger charge is -2.17. The minimum Gasteiger partial charge on any atom is -0.312 e. The van der Waals surface area contributed by atoms with Crippen molar-refractivity contribution in [2.75, 3.05) is 13.1 Å². The molecule has 3 nitrogen and oxygen atoms in total. The molecule has 1 aromatic heterocycles. The fourth-order valence-corrected chi connectivity index (χ4v) is 3.20. The van der Waals surface area contributed by atoms with Gasteiger partial charge in [0.15, 0.2) is 0 Å². The molecule has 0 aliphatic heterocycles. The Morgan fingerprint density at radius 1 is 1.20 bits per heavy atom. The molecule has 0 amide bonds. The highest BCUT2D eigenvalue weighted by Gasteiger charge is 2.13. The molecule has 0 spiro atoms. The van der Waals surface area contributed by atoms with Crippen molar-refractivity contribution in [2.45, 2.75) is 20.4 Å². The largest absolute Gasteiger partial charge is 0.312 e. The number of halogens is 2. The number of aromatic amines is 1. The number of hydrogen-bond acceptors (Lipinski definition) is 3. The smallest absolute Gasteiger partial charge is 0.305 e. The first-order valence-electron chi connectivity index (χ1n) is 6.44. The van der Waals surface area contributed by atoms with Crippen LogP contribution in [0.3, 0.4) is 0 Å². The molecule has 6 heteroatoms. The van der Waals surface area contributed by atoms with Gasteiger partial charge >= 0.3 is 4.87 Å². The molecule has 2 rings (SSSR count). The van der Waals surface area contributed by atoms with E-state index in [0.29, 0.717) is 10.0 Å². The van der Waals surface area contributed by atoms with Crippen LogP contribution >= 0.6 is 34.5 Å². The Labute approximate surface area is 132 Å². The molecule has 0 fully saturated rings. The standard InChI is InChI=1S/C14H16Cl2N2OS/c1-3-18(4-2)8-12-13(17-14(19)20-12)9-5-6-10(15)11(16)7-9/h5-7H,3-4,8H2,1-2H3,(H,17,19). The Hall–Kier alpha value is -0.810. The number of rotatable bonds is 5. The van der Waals surface area contributed by atoms with Gasteiger partial charge in [-0.25, -0.2) is 0 Å². The minimum atomic E-state index is -0.0479. The molecule has 20 heavy (non-hydrogen) atoms. The molecule has 1 aromatic carbocycles. The van der Waals surface area contributed by atoms with E-state index < -0.39 is 0 Å². The van der Waals surface area contributed by atoms with Gasteiger partial charge in [-0.15, -0.1) is 0 Å². The fraction of sp³-hybridized carbons (Fsp3) is 0.357. The van der Waals surface area contributed by atoms with Gasteiger partial charge in [0.25, 0.3) is 0 Å². The number of aromatic nitrogens is 1. The number of nitrogens with one attached hydrogen (secondary N) is 1. The van der Waals surface area contributed by atoms with Gasteiger partial charge in [-0.3, -0.25) is 9.69 Å². The SMILES string of the molecule is CCN(CC)Cc1sc(=O)[nH]c1-c1ccc(Cl)c(Cl)c1. The molecule has 0 bridgehead atoms. The summed E-state index contributed by atoms with van der Waals surface area (Å²) in [5, 5.41) is 1.00. The molecule has 0 unspecified atom stereocenters. The number of benzene rings is 1. The summed E-state index contributed by atoms with van der Waals surface area (Å²) in [7, 11) is 0. The summed E-state index contributed by atoms with van der Waals surface area (Å²) in [5.74, 6) is 0. The highest BCUT2D eigenvalue weighted by molar-refractivity contribution is 7.09. The summed E-state index contributed by atoms with van der Waals surface area (Å²) < 4.78 is 0. The van der Waals surface area contributed by atoms with Crippen LogP contribution in [0.4, 0.5) is 0 Å². The first-order chi connectivity index (χ1) is 9.55. The zero-order valence-corrected chi connectivity index (χ0v) is 13.7. The molecule has 0 aliphatic rings. The van der Waals surface area contributed by atoms with Crippen molar-refractivity contribution in [3.05, 3.63) is 42.8 Å². The summed E-state index contributed by atoms with van der Waals surface area (Å²) in [6.07, 6.45) is 0. The van der Waals surface area contributed by atoms with Crippen LogP contribution < -0.4 is 4.87 Å². The molecule has 0 atom stereocenters. The maximum atomic E-state index is 11.7. The lowest BCUT2D eigenvalue weighted by atomic mass is 10.1. The van der Waals surface area contributed by atoms with Gasteiger partial charge in [0.2, 0.25) is 0 Å². The van der Waals surface area contributed by atoms with Gasteiger partial charge in [-0.2, -0.15) is 0 Å². The van der Waals surface area contributed by atoms with Gasteiger partial charge in [0.1, 0.15) is 0 Å². The molecular weight excluding hydrogens is 315 g/mol. The normalized spacial score (nSPS) is 11.2. The van der Waals surface area contributed by atoms with Crippen LogP contribution in [-0.2, 0) is 6.54 Å². The zero-order valence-electron chi connectivity index (χ0n) is 11.4. The topological polar surface area (TPSA) is 36.1 Å². The summed E-state index contributed by atoms with van der Waals surface area (Å²) in [4.78, 5) is 17.8. The van der Waals surface area contributed by atoms with Crippen LogP contribution in [-0.4, -0.2) is 23.0 Å². The Kier molecular flexibility index (Phi) is 5.27. The van der Waals surface area contributed by atoms with Gasteiger partial charge in [-0.05, 0) is 25.2 Å². The van der Waals surface area contributed by atoms with E-state index in [1.165, 1.54) is 11.3 Å². The van der Waals surface area contributed by atoms with Crippen molar-refractivity contribution in [3.63, 3.8) is 0 Å². The molecule has 1 heterocycles. The van der Waals surface area contributed by atoms with Crippen LogP contribution in [0.5, 0.6) is 0 Å². The first kappa shape index (κ1) is 15.6. The van der Waals surface area contributed by atoms with Crippen LogP contribution in [0, 0.1) is 0 Å². The molecule has 0 radical (unpaired) electrons. The lowest BCUT2D eigenvalue weighted by molar-refractivity contribution is 0.298. The van der Waals surface area contributed by atoms with Gasteiger partial charge < -0.3 is 4.98 Å². The average Bonchev–Trinajstić information content (AvgIpc) is 2.80. The molecule has 108 valence electrons. The van der Waals surface area contributed by atoms with E-state index in [2.05, 4.69) is 23.7 Å². The predicted molar refractivity (Wildman–Crippen MR) is 87.0 cm³/mol. The Balaban J connectivity index is 2.41. The van der Waals surface area contributed by atoms with Crippen molar-refractivity contribution >= 4 is 34.5 Å². The summed E-state index contributed by atoms with van der Waals surface area (Å²) in [5.41, 5.74) is 1.73. The number of nitrogens with zero attached hydrogens (tertiary/aromatic N) is 1. The van der Waals surface area contributed by atoms with E-state index in [1.54, 1.807) is 12.1 Å². The summed E-state index contributed by atoms with van der Waals surface area (Å²) in [6.45, 7) is 6.87. The van der Waals surface area contributed by atoms with Crippen LogP contribution in [0.2, 0.25) is 10.0 Å². The Bertz CT molecular complexity index is 647. The van der Waals surface area contributed by atoms with Crippen molar-refractivity contribution in [3.8, 4) is 11.3 Å². The second kappa shape index (κ2) is 6.76. The number of hydrogen-bond donors (Lipinski definition) is 1. The van der Waals surface area contributed by atoms with Crippen LogP contribution in [0.1, 0.15) is 18.7 Å². The first-order valence-corrected chi connectivity index (χ1v) is 8.02. The monoisotopic (exact) mass is 330 g/mol. The van der Waals surface area contributed by atoms with Crippen LogP contribution in [0.25, 0.3) is 11.3 Å². The third-order valence-electron chi connectivity index (χ3n) is 3.19. The summed E-state index contributed by atoms with van der Waals surface area (Å²) in [6, 6.07) is 5.40. The predicted octanol–water partition coefficient (Wildman–Crippen LogP) is 4.25. The summed E-state index contributed by atoms with van der Waals surface area (Å²) >= 11 is 13.2. The van der Waals surface area contributed by atoms with Gasteiger partial charge in [0.05, 0.1) is 15.7 Å². The van der Waals surface area contributed by atoms with Crippen molar-refractivity contribution < 1.29 is 0 Å².